The molecule has 1 unspecified atom stereocenters. The predicted molar refractivity (Wildman–Crippen MR) is 70.3 cm³/mol. The van der Waals surface area contributed by atoms with Crippen LogP contribution in [0.2, 0.25) is 0 Å². The van der Waals surface area contributed by atoms with Crippen LogP contribution in [0.15, 0.2) is 23.1 Å². The maximum atomic E-state index is 12.0. The van der Waals surface area contributed by atoms with Crippen molar-refractivity contribution in [2.45, 2.75) is 24.3 Å². The smallest absolute Gasteiger partial charge is 0.240 e. The summed E-state index contributed by atoms with van der Waals surface area (Å²) in [5.74, 6) is 0. The van der Waals surface area contributed by atoms with Crippen molar-refractivity contribution in [3.63, 3.8) is 0 Å². The van der Waals surface area contributed by atoms with Gasteiger partial charge in [0.05, 0.1) is 11.5 Å². The van der Waals surface area contributed by atoms with Crippen molar-refractivity contribution in [1.29, 1.82) is 0 Å². The van der Waals surface area contributed by atoms with Gasteiger partial charge in [-0.2, -0.15) is 0 Å². The van der Waals surface area contributed by atoms with Crippen molar-refractivity contribution >= 4 is 15.7 Å². The normalized spacial score (nSPS) is 18.4. The van der Waals surface area contributed by atoms with Gasteiger partial charge in [-0.05, 0) is 37.1 Å². The van der Waals surface area contributed by atoms with Gasteiger partial charge in [-0.25, -0.2) is 13.1 Å². The third-order valence-electron chi connectivity index (χ3n) is 2.91. The van der Waals surface area contributed by atoms with E-state index in [-0.39, 0.29) is 6.54 Å². The maximum absolute atomic E-state index is 12.0. The fourth-order valence-electron chi connectivity index (χ4n) is 2.05. The molecule has 1 heterocycles. The SMILES string of the molecule is COCCNS(=O)(=O)c1ccc2c(c1)CC(C)N2. The highest BCUT2D eigenvalue weighted by Crippen LogP contribution is 2.27. The van der Waals surface area contributed by atoms with E-state index in [0.717, 1.165) is 17.7 Å². The van der Waals surface area contributed by atoms with Crippen molar-refractivity contribution in [2.75, 3.05) is 25.6 Å². The molecule has 1 atom stereocenters. The minimum absolute atomic E-state index is 0.282. The van der Waals surface area contributed by atoms with Crippen LogP contribution in [0.4, 0.5) is 5.69 Å². The molecule has 1 aromatic rings. The molecule has 0 spiro atoms. The van der Waals surface area contributed by atoms with Crippen LogP contribution in [0.1, 0.15) is 12.5 Å². The topological polar surface area (TPSA) is 67.4 Å². The fraction of sp³-hybridized carbons (Fsp3) is 0.500. The summed E-state index contributed by atoms with van der Waals surface area (Å²) in [6.45, 7) is 2.72. The summed E-state index contributed by atoms with van der Waals surface area (Å²) < 4.78 is 31.3. The Hall–Kier alpha value is -1.11. The largest absolute Gasteiger partial charge is 0.383 e. The van der Waals surface area contributed by atoms with Crippen molar-refractivity contribution in [2.24, 2.45) is 0 Å². The summed E-state index contributed by atoms with van der Waals surface area (Å²) in [6, 6.07) is 5.54. The number of hydrogen-bond acceptors (Lipinski definition) is 4. The highest BCUT2D eigenvalue weighted by molar-refractivity contribution is 7.89. The number of methoxy groups -OCH3 is 1. The molecule has 2 rings (SSSR count). The monoisotopic (exact) mass is 270 g/mol. The van der Waals surface area contributed by atoms with Crippen molar-refractivity contribution < 1.29 is 13.2 Å². The molecule has 0 aromatic heterocycles. The van der Waals surface area contributed by atoms with E-state index in [1.807, 2.05) is 6.07 Å². The average Bonchev–Trinajstić information content (AvgIpc) is 2.68. The molecular formula is C12H18N2O3S. The third kappa shape index (κ3) is 2.82. The van der Waals surface area contributed by atoms with Gasteiger partial charge in [-0.15, -0.1) is 0 Å². The molecule has 1 aliphatic rings. The molecule has 18 heavy (non-hydrogen) atoms. The lowest BCUT2D eigenvalue weighted by Crippen LogP contribution is -2.27. The van der Waals surface area contributed by atoms with Gasteiger partial charge in [0.15, 0.2) is 0 Å². The molecule has 5 nitrogen and oxygen atoms in total. The zero-order chi connectivity index (χ0) is 13.2. The molecule has 0 radical (unpaired) electrons. The van der Waals surface area contributed by atoms with Gasteiger partial charge in [0.25, 0.3) is 0 Å². The fourth-order valence-corrected chi connectivity index (χ4v) is 3.12. The first-order chi connectivity index (χ1) is 8.53. The zero-order valence-corrected chi connectivity index (χ0v) is 11.4. The van der Waals surface area contributed by atoms with Crippen molar-refractivity contribution in [1.82, 2.24) is 4.72 Å². The summed E-state index contributed by atoms with van der Waals surface area (Å²) in [7, 11) is -1.89. The minimum atomic E-state index is -3.43. The molecule has 0 aliphatic carbocycles. The first-order valence-corrected chi connectivity index (χ1v) is 7.39. The average molecular weight is 270 g/mol. The Labute approximate surface area is 108 Å². The van der Waals surface area contributed by atoms with E-state index >= 15 is 0 Å². The first kappa shape index (κ1) is 13.3. The number of hydrogen-bond donors (Lipinski definition) is 2. The lowest BCUT2D eigenvalue weighted by atomic mass is 10.1. The van der Waals surface area contributed by atoms with E-state index in [1.54, 1.807) is 12.1 Å². The number of rotatable bonds is 5. The van der Waals surface area contributed by atoms with Crippen molar-refractivity contribution in [3.05, 3.63) is 23.8 Å². The van der Waals surface area contributed by atoms with Crippen LogP contribution < -0.4 is 10.0 Å². The summed E-state index contributed by atoms with van der Waals surface area (Å²) in [5, 5.41) is 3.29. The Morgan fingerprint density at radius 2 is 2.28 bits per heavy atom. The molecule has 1 aromatic carbocycles. The van der Waals surface area contributed by atoms with Crippen LogP contribution in [0, 0.1) is 0 Å². The number of benzene rings is 1. The van der Waals surface area contributed by atoms with Crippen LogP contribution in [0.3, 0.4) is 0 Å². The van der Waals surface area contributed by atoms with E-state index in [1.165, 1.54) is 7.11 Å². The number of fused-ring (bicyclic) bond motifs is 1. The molecule has 100 valence electrons. The summed E-state index contributed by atoms with van der Waals surface area (Å²) in [6.07, 6.45) is 0.858. The second kappa shape index (κ2) is 5.26. The van der Waals surface area contributed by atoms with Crippen LogP contribution >= 0.6 is 0 Å². The molecule has 0 amide bonds. The Morgan fingerprint density at radius 1 is 1.50 bits per heavy atom. The standard InChI is InChI=1S/C12H18N2O3S/c1-9-7-10-8-11(3-4-12(10)14-9)18(15,16)13-5-6-17-2/h3-4,8-9,13-14H,5-7H2,1-2H3. The molecule has 0 saturated heterocycles. The van der Waals surface area contributed by atoms with Crippen LogP contribution in [0.5, 0.6) is 0 Å². The molecule has 0 fully saturated rings. The van der Waals surface area contributed by atoms with Crippen LogP contribution in [0.25, 0.3) is 0 Å². The highest BCUT2D eigenvalue weighted by Gasteiger charge is 2.20. The van der Waals surface area contributed by atoms with E-state index < -0.39 is 10.0 Å². The Morgan fingerprint density at radius 3 is 3.00 bits per heavy atom. The van der Waals surface area contributed by atoms with Gasteiger partial charge in [0.2, 0.25) is 10.0 Å². The van der Waals surface area contributed by atoms with E-state index in [4.69, 9.17) is 4.74 Å². The van der Waals surface area contributed by atoms with E-state index in [2.05, 4.69) is 17.0 Å². The predicted octanol–water partition coefficient (Wildman–Crippen LogP) is 0.968. The van der Waals surface area contributed by atoms with Gasteiger partial charge < -0.3 is 10.1 Å². The second-order valence-electron chi connectivity index (χ2n) is 4.46. The van der Waals surface area contributed by atoms with Gasteiger partial charge in [0, 0.05) is 25.4 Å². The zero-order valence-electron chi connectivity index (χ0n) is 10.6. The van der Waals surface area contributed by atoms with Gasteiger partial charge >= 0.3 is 0 Å². The second-order valence-corrected chi connectivity index (χ2v) is 6.23. The molecular weight excluding hydrogens is 252 g/mol. The molecule has 2 N–H and O–H groups in total. The lowest BCUT2D eigenvalue weighted by Gasteiger charge is -2.07. The van der Waals surface area contributed by atoms with E-state index in [0.29, 0.717) is 17.5 Å². The van der Waals surface area contributed by atoms with Crippen LogP contribution in [-0.4, -0.2) is 34.7 Å². The Kier molecular flexibility index (Phi) is 3.89. The Balaban J connectivity index is 2.17. The van der Waals surface area contributed by atoms with E-state index in [9.17, 15) is 8.42 Å². The molecule has 0 bridgehead atoms. The van der Waals surface area contributed by atoms with Gasteiger partial charge in [-0.1, -0.05) is 0 Å². The highest BCUT2D eigenvalue weighted by atomic mass is 32.2. The maximum Gasteiger partial charge on any atom is 0.240 e. The number of ether oxygens (including phenoxy) is 1. The minimum Gasteiger partial charge on any atom is -0.383 e. The van der Waals surface area contributed by atoms with Crippen LogP contribution in [-0.2, 0) is 21.2 Å². The molecule has 6 heteroatoms. The summed E-state index contributed by atoms with van der Waals surface area (Å²) in [5.41, 5.74) is 2.08. The quantitative estimate of drug-likeness (QED) is 0.782. The van der Waals surface area contributed by atoms with Gasteiger partial charge in [-0.3, -0.25) is 0 Å². The number of anilines is 1. The number of sulfonamides is 1. The Bertz CT molecular complexity index is 528. The van der Waals surface area contributed by atoms with Crippen molar-refractivity contribution in [3.8, 4) is 0 Å². The first-order valence-electron chi connectivity index (χ1n) is 5.91. The van der Waals surface area contributed by atoms with Gasteiger partial charge in [0.1, 0.15) is 0 Å². The lowest BCUT2D eigenvalue weighted by molar-refractivity contribution is 0.204. The summed E-state index contributed by atoms with van der Waals surface area (Å²) >= 11 is 0. The molecule has 1 aliphatic heterocycles. The summed E-state index contributed by atoms with van der Waals surface area (Å²) in [4.78, 5) is 0.313. The molecule has 0 saturated carbocycles. The number of nitrogens with one attached hydrogen (secondary N) is 2. The third-order valence-corrected chi connectivity index (χ3v) is 4.37.